The molecule has 0 atom stereocenters. The van der Waals surface area contributed by atoms with E-state index in [9.17, 15) is 13.2 Å². The monoisotopic (exact) mass is 316 g/mol. The van der Waals surface area contributed by atoms with Gasteiger partial charge < -0.3 is 4.74 Å². The lowest BCUT2D eigenvalue weighted by atomic mass is 10.2. The summed E-state index contributed by atoms with van der Waals surface area (Å²) in [4.78, 5) is 3.68. The van der Waals surface area contributed by atoms with E-state index in [0.717, 1.165) is 16.7 Å². The largest absolute Gasteiger partial charge is 0.439 e. The Labute approximate surface area is 110 Å². The Morgan fingerprint density at radius 2 is 1.83 bits per heavy atom. The van der Waals surface area contributed by atoms with Crippen LogP contribution in [0.5, 0.6) is 11.6 Å². The van der Waals surface area contributed by atoms with Crippen LogP contribution in [0.3, 0.4) is 0 Å². The molecular formula is C12H6BrF3NO. The molecule has 0 spiro atoms. The van der Waals surface area contributed by atoms with Crippen LogP contribution < -0.4 is 4.74 Å². The van der Waals surface area contributed by atoms with E-state index in [1.807, 2.05) is 6.07 Å². The van der Waals surface area contributed by atoms with Crippen LogP contribution in [0.15, 0.2) is 41.0 Å². The van der Waals surface area contributed by atoms with Gasteiger partial charge in [0.25, 0.3) is 0 Å². The SMILES string of the molecule is FC(F)(F)c1[c]cnc(Oc2ccc(Br)cc2)c1. The molecule has 93 valence electrons. The second kappa shape index (κ2) is 4.97. The van der Waals surface area contributed by atoms with Crippen LogP contribution in [0.25, 0.3) is 0 Å². The average Bonchev–Trinajstić information content (AvgIpc) is 2.31. The number of halogens is 4. The van der Waals surface area contributed by atoms with E-state index in [4.69, 9.17) is 4.74 Å². The molecule has 0 aliphatic carbocycles. The van der Waals surface area contributed by atoms with Crippen LogP contribution in [0.4, 0.5) is 13.2 Å². The Morgan fingerprint density at radius 1 is 1.17 bits per heavy atom. The molecule has 0 saturated heterocycles. The first-order valence-corrected chi connectivity index (χ1v) is 5.63. The number of benzene rings is 1. The number of ether oxygens (including phenoxy) is 1. The molecule has 0 bridgehead atoms. The van der Waals surface area contributed by atoms with Gasteiger partial charge in [-0.05, 0) is 24.3 Å². The molecule has 0 saturated carbocycles. The zero-order chi connectivity index (χ0) is 13.2. The number of rotatable bonds is 2. The van der Waals surface area contributed by atoms with Gasteiger partial charge in [-0.15, -0.1) is 0 Å². The van der Waals surface area contributed by atoms with Gasteiger partial charge in [-0.2, -0.15) is 13.2 Å². The molecule has 1 aromatic heterocycles. The fourth-order valence-corrected chi connectivity index (χ4v) is 1.48. The van der Waals surface area contributed by atoms with Crippen molar-refractivity contribution in [2.75, 3.05) is 0 Å². The molecular weight excluding hydrogens is 311 g/mol. The van der Waals surface area contributed by atoms with Crippen LogP contribution in [-0.4, -0.2) is 4.98 Å². The van der Waals surface area contributed by atoms with E-state index in [-0.39, 0.29) is 5.88 Å². The Hall–Kier alpha value is -1.56. The normalized spacial score (nSPS) is 11.3. The fraction of sp³-hybridized carbons (Fsp3) is 0.0833. The van der Waals surface area contributed by atoms with E-state index >= 15 is 0 Å². The average molecular weight is 317 g/mol. The van der Waals surface area contributed by atoms with E-state index in [1.165, 1.54) is 0 Å². The van der Waals surface area contributed by atoms with Crippen molar-refractivity contribution in [3.8, 4) is 11.6 Å². The number of pyridine rings is 1. The summed E-state index contributed by atoms with van der Waals surface area (Å²) in [6, 6.07) is 9.50. The molecule has 6 heteroatoms. The molecule has 0 aliphatic heterocycles. The fourth-order valence-electron chi connectivity index (χ4n) is 1.21. The molecule has 1 aromatic carbocycles. The number of hydrogen-bond donors (Lipinski definition) is 0. The molecule has 2 rings (SSSR count). The second-order valence-corrected chi connectivity index (χ2v) is 4.27. The minimum absolute atomic E-state index is 0.122. The molecule has 2 nitrogen and oxygen atoms in total. The van der Waals surface area contributed by atoms with Crippen molar-refractivity contribution in [3.63, 3.8) is 0 Å². The summed E-state index contributed by atoms with van der Waals surface area (Å²) >= 11 is 3.24. The molecule has 1 radical (unpaired) electrons. The van der Waals surface area contributed by atoms with Crippen LogP contribution in [-0.2, 0) is 6.18 Å². The van der Waals surface area contributed by atoms with Crippen molar-refractivity contribution in [2.45, 2.75) is 6.18 Å². The van der Waals surface area contributed by atoms with Gasteiger partial charge in [0, 0.05) is 22.8 Å². The maximum atomic E-state index is 12.4. The number of hydrogen-bond acceptors (Lipinski definition) is 2. The number of aromatic nitrogens is 1. The van der Waals surface area contributed by atoms with Gasteiger partial charge >= 0.3 is 6.18 Å². The van der Waals surface area contributed by atoms with E-state index in [0.29, 0.717) is 5.75 Å². The quantitative estimate of drug-likeness (QED) is 0.816. The summed E-state index contributed by atoms with van der Waals surface area (Å²) in [6.07, 6.45) is -3.52. The topological polar surface area (TPSA) is 22.1 Å². The Morgan fingerprint density at radius 3 is 2.44 bits per heavy atom. The zero-order valence-electron chi connectivity index (χ0n) is 8.83. The predicted molar refractivity (Wildman–Crippen MR) is 62.3 cm³/mol. The molecule has 0 fully saturated rings. The van der Waals surface area contributed by atoms with E-state index in [1.54, 1.807) is 24.3 Å². The summed E-state index contributed by atoms with van der Waals surface area (Å²) in [5.41, 5.74) is -0.912. The Kier molecular flexibility index (Phi) is 3.56. The highest BCUT2D eigenvalue weighted by molar-refractivity contribution is 9.10. The molecule has 0 N–H and O–H groups in total. The molecule has 2 aromatic rings. The lowest BCUT2D eigenvalue weighted by molar-refractivity contribution is -0.138. The molecule has 0 aliphatic rings. The minimum Gasteiger partial charge on any atom is -0.439 e. The van der Waals surface area contributed by atoms with Crippen LogP contribution in [0, 0.1) is 6.07 Å². The van der Waals surface area contributed by atoms with Gasteiger partial charge in [-0.1, -0.05) is 15.9 Å². The maximum absolute atomic E-state index is 12.4. The van der Waals surface area contributed by atoms with Gasteiger partial charge in [-0.3, -0.25) is 0 Å². The predicted octanol–water partition coefficient (Wildman–Crippen LogP) is 4.46. The van der Waals surface area contributed by atoms with Gasteiger partial charge in [-0.25, -0.2) is 4.98 Å². The Balaban J connectivity index is 2.22. The summed E-state index contributed by atoms with van der Waals surface area (Å²) in [7, 11) is 0. The lowest BCUT2D eigenvalue weighted by Crippen LogP contribution is -2.05. The van der Waals surface area contributed by atoms with E-state index < -0.39 is 11.7 Å². The van der Waals surface area contributed by atoms with Crippen LogP contribution in [0.1, 0.15) is 5.56 Å². The number of nitrogens with zero attached hydrogens (tertiary/aromatic N) is 1. The summed E-state index contributed by atoms with van der Waals surface area (Å²) < 4.78 is 43.4. The van der Waals surface area contributed by atoms with Crippen LogP contribution >= 0.6 is 15.9 Å². The summed E-state index contributed by atoms with van der Waals surface area (Å²) in [6.45, 7) is 0. The first-order chi connectivity index (χ1) is 8.45. The highest BCUT2D eigenvalue weighted by atomic mass is 79.9. The first-order valence-electron chi connectivity index (χ1n) is 4.83. The first kappa shape index (κ1) is 12.9. The highest BCUT2D eigenvalue weighted by Gasteiger charge is 2.31. The van der Waals surface area contributed by atoms with Crippen molar-refractivity contribution in [1.29, 1.82) is 0 Å². The third kappa shape index (κ3) is 3.22. The lowest BCUT2D eigenvalue weighted by Gasteiger charge is -2.08. The van der Waals surface area contributed by atoms with Gasteiger partial charge in [0.05, 0.1) is 5.56 Å². The maximum Gasteiger partial charge on any atom is 0.417 e. The van der Waals surface area contributed by atoms with Gasteiger partial charge in [0.1, 0.15) is 5.75 Å². The minimum atomic E-state index is -4.46. The highest BCUT2D eigenvalue weighted by Crippen LogP contribution is 2.31. The molecule has 0 unspecified atom stereocenters. The van der Waals surface area contributed by atoms with Crippen molar-refractivity contribution in [1.82, 2.24) is 4.98 Å². The van der Waals surface area contributed by atoms with Crippen molar-refractivity contribution < 1.29 is 17.9 Å². The third-order valence-electron chi connectivity index (χ3n) is 2.02. The summed E-state index contributed by atoms with van der Waals surface area (Å²) in [5, 5.41) is 0. The molecule has 1 heterocycles. The number of alkyl halides is 3. The molecule has 18 heavy (non-hydrogen) atoms. The molecule has 0 amide bonds. The summed E-state index contributed by atoms with van der Waals surface area (Å²) in [5.74, 6) is 0.286. The van der Waals surface area contributed by atoms with Gasteiger partial charge in [0.15, 0.2) is 0 Å². The van der Waals surface area contributed by atoms with Crippen molar-refractivity contribution in [3.05, 3.63) is 52.6 Å². The van der Waals surface area contributed by atoms with Crippen molar-refractivity contribution in [2.24, 2.45) is 0 Å². The Bertz CT molecular complexity index is 540. The smallest absolute Gasteiger partial charge is 0.417 e. The second-order valence-electron chi connectivity index (χ2n) is 3.35. The van der Waals surface area contributed by atoms with Gasteiger partial charge in [0.2, 0.25) is 5.88 Å². The van der Waals surface area contributed by atoms with Crippen LogP contribution in [0.2, 0.25) is 0 Å². The third-order valence-corrected chi connectivity index (χ3v) is 2.55. The van der Waals surface area contributed by atoms with E-state index in [2.05, 4.69) is 20.9 Å². The standard InChI is InChI=1S/C12H6BrF3NO/c13-9-1-3-10(4-2-9)18-11-7-8(5-6-17-11)12(14,15)16/h1-4,6-7H. The van der Waals surface area contributed by atoms with Crippen molar-refractivity contribution >= 4 is 15.9 Å². The zero-order valence-corrected chi connectivity index (χ0v) is 10.4.